The Morgan fingerprint density at radius 2 is 2.14 bits per heavy atom. The van der Waals surface area contributed by atoms with Crippen LogP contribution in [-0.4, -0.2) is 33.2 Å². The zero-order valence-electron chi connectivity index (χ0n) is 8.57. The number of hydrogen-bond donors (Lipinski definition) is 2. The predicted octanol–water partition coefficient (Wildman–Crippen LogP) is 1.83. The number of anilines is 1. The van der Waals surface area contributed by atoms with Crippen LogP contribution < -0.4 is 5.32 Å². The van der Waals surface area contributed by atoms with E-state index in [1.54, 1.807) is 0 Å². The van der Waals surface area contributed by atoms with E-state index in [1.807, 2.05) is 0 Å². The van der Waals surface area contributed by atoms with Gasteiger partial charge in [-0.1, -0.05) is 23.1 Å². The highest BCUT2D eigenvalue weighted by molar-refractivity contribution is 8.01. The van der Waals surface area contributed by atoms with Gasteiger partial charge in [-0.15, -0.1) is 10.2 Å². The molecule has 1 heterocycles. The van der Waals surface area contributed by atoms with Crippen LogP contribution in [0.5, 0.6) is 0 Å². The van der Waals surface area contributed by atoms with Crippen molar-refractivity contribution in [3.8, 4) is 0 Å². The summed E-state index contributed by atoms with van der Waals surface area (Å²) < 4.78 is 0.894. The lowest BCUT2D eigenvalue weighted by Gasteiger charge is -2.18. The summed E-state index contributed by atoms with van der Waals surface area (Å²) in [6, 6.07) is 0. The molecule has 0 amide bonds. The third-order valence-electron chi connectivity index (χ3n) is 1.21. The van der Waals surface area contributed by atoms with E-state index in [0.717, 1.165) is 9.47 Å². The maximum atomic E-state index is 8.64. The Morgan fingerprint density at radius 3 is 2.71 bits per heavy atom. The van der Waals surface area contributed by atoms with Gasteiger partial charge in [0.25, 0.3) is 0 Å². The van der Waals surface area contributed by atoms with Crippen molar-refractivity contribution in [2.24, 2.45) is 0 Å². The number of thioether (sulfide) groups is 1. The molecule has 0 fully saturated rings. The lowest BCUT2D eigenvalue weighted by atomic mass is 10.1. The van der Waals surface area contributed by atoms with Crippen molar-refractivity contribution in [3.05, 3.63) is 0 Å². The fraction of sp³-hybridized carbons (Fsp3) is 0.750. The molecule has 0 bridgehead atoms. The fourth-order valence-corrected chi connectivity index (χ4v) is 2.55. The van der Waals surface area contributed by atoms with Gasteiger partial charge >= 0.3 is 0 Å². The first-order valence-corrected chi connectivity index (χ1v) is 6.17. The molecule has 6 heteroatoms. The third-order valence-corrected chi connectivity index (χ3v) is 3.16. The lowest BCUT2D eigenvalue weighted by molar-refractivity contribution is 0.322. The Kier molecular flexibility index (Phi) is 4.15. The summed E-state index contributed by atoms with van der Waals surface area (Å²) >= 11 is 3.04. The Labute approximate surface area is 92.1 Å². The maximum Gasteiger partial charge on any atom is 0.206 e. The van der Waals surface area contributed by atoms with Gasteiger partial charge in [0.15, 0.2) is 4.34 Å². The second kappa shape index (κ2) is 4.95. The van der Waals surface area contributed by atoms with Gasteiger partial charge in [-0.3, -0.25) is 0 Å². The summed E-state index contributed by atoms with van der Waals surface area (Å²) in [5, 5.41) is 20.7. The van der Waals surface area contributed by atoms with Gasteiger partial charge in [0.1, 0.15) is 0 Å². The highest BCUT2D eigenvalue weighted by atomic mass is 32.2. The van der Waals surface area contributed by atoms with Crippen molar-refractivity contribution in [1.29, 1.82) is 0 Å². The van der Waals surface area contributed by atoms with Crippen LogP contribution in [0.15, 0.2) is 4.34 Å². The Hall–Kier alpha value is -0.330. The monoisotopic (exact) mass is 233 g/mol. The van der Waals surface area contributed by atoms with Crippen LogP contribution >= 0.6 is 23.1 Å². The molecule has 0 spiro atoms. The Balaban J connectivity index is 2.51. The minimum absolute atomic E-state index is 0.0123. The van der Waals surface area contributed by atoms with Crippen molar-refractivity contribution >= 4 is 28.2 Å². The van der Waals surface area contributed by atoms with Crippen molar-refractivity contribution in [3.63, 3.8) is 0 Å². The zero-order valence-corrected chi connectivity index (χ0v) is 10.2. The SMILES string of the molecule is CC(C)(C)Nc1nnc(SCCO)s1. The summed E-state index contributed by atoms with van der Waals surface area (Å²) in [5.41, 5.74) is 0.0123. The van der Waals surface area contributed by atoms with Crippen molar-refractivity contribution in [1.82, 2.24) is 10.2 Å². The maximum absolute atomic E-state index is 8.64. The summed E-state index contributed by atoms with van der Waals surface area (Å²) in [6.45, 7) is 6.41. The molecule has 4 nitrogen and oxygen atoms in total. The largest absolute Gasteiger partial charge is 0.396 e. The smallest absolute Gasteiger partial charge is 0.206 e. The number of aromatic nitrogens is 2. The number of hydrogen-bond acceptors (Lipinski definition) is 6. The molecule has 0 unspecified atom stereocenters. The first kappa shape index (κ1) is 11.7. The molecule has 0 aliphatic rings. The molecule has 2 N–H and O–H groups in total. The van der Waals surface area contributed by atoms with Gasteiger partial charge in [0.05, 0.1) is 6.61 Å². The van der Waals surface area contributed by atoms with Crippen molar-refractivity contribution in [2.45, 2.75) is 30.6 Å². The van der Waals surface area contributed by atoms with E-state index in [4.69, 9.17) is 5.11 Å². The van der Waals surface area contributed by atoms with E-state index in [9.17, 15) is 0 Å². The average Bonchev–Trinajstić information content (AvgIpc) is 2.46. The molecule has 0 saturated heterocycles. The van der Waals surface area contributed by atoms with Gasteiger partial charge in [0.2, 0.25) is 5.13 Å². The third kappa shape index (κ3) is 4.26. The number of aliphatic hydroxyl groups is 1. The van der Waals surface area contributed by atoms with Crippen LogP contribution in [0.4, 0.5) is 5.13 Å². The summed E-state index contributed by atoms with van der Waals surface area (Å²) in [7, 11) is 0. The van der Waals surface area contributed by atoms with E-state index in [0.29, 0.717) is 5.75 Å². The molecule has 0 radical (unpaired) electrons. The highest BCUT2D eigenvalue weighted by Crippen LogP contribution is 2.26. The van der Waals surface area contributed by atoms with Gasteiger partial charge in [0, 0.05) is 11.3 Å². The topological polar surface area (TPSA) is 58.0 Å². The molecule has 1 rings (SSSR count). The molecule has 0 aliphatic carbocycles. The minimum atomic E-state index is 0.0123. The highest BCUT2D eigenvalue weighted by Gasteiger charge is 2.12. The van der Waals surface area contributed by atoms with Crippen molar-refractivity contribution in [2.75, 3.05) is 17.7 Å². The van der Waals surface area contributed by atoms with Crippen LogP contribution in [0.2, 0.25) is 0 Å². The van der Waals surface area contributed by atoms with Crippen LogP contribution in [0.25, 0.3) is 0 Å². The van der Waals surface area contributed by atoms with Crippen molar-refractivity contribution < 1.29 is 5.11 Å². The average molecular weight is 233 g/mol. The van der Waals surface area contributed by atoms with E-state index in [2.05, 4.69) is 36.3 Å². The second-order valence-corrected chi connectivity index (χ2v) is 6.14. The first-order chi connectivity index (χ1) is 6.51. The van der Waals surface area contributed by atoms with Crippen LogP contribution in [0.1, 0.15) is 20.8 Å². The Morgan fingerprint density at radius 1 is 1.43 bits per heavy atom. The second-order valence-electron chi connectivity index (χ2n) is 3.82. The van der Waals surface area contributed by atoms with Gasteiger partial charge < -0.3 is 10.4 Å². The fourth-order valence-electron chi connectivity index (χ4n) is 0.772. The van der Waals surface area contributed by atoms with Gasteiger partial charge in [-0.25, -0.2) is 0 Å². The van der Waals surface area contributed by atoms with E-state index in [-0.39, 0.29) is 12.1 Å². The molecule has 14 heavy (non-hydrogen) atoms. The Bertz CT molecular complexity index is 282. The molecule has 1 aromatic heterocycles. The quantitative estimate of drug-likeness (QED) is 0.777. The summed E-state index contributed by atoms with van der Waals surface area (Å²) in [6.07, 6.45) is 0. The summed E-state index contributed by atoms with van der Waals surface area (Å²) in [4.78, 5) is 0. The molecule has 0 saturated carbocycles. The van der Waals surface area contributed by atoms with E-state index in [1.165, 1.54) is 23.1 Å². The number of nitrogens with zero attached hydrogens (tertiary/aromatic N) is 2. The van der Waals surface area contributed by atoms with Gasteiger partial charge in [-0.05, 0) is 20.8 Å². The molecule has 0 aliphatic heterocycles. The molecule has 1 aromatic rings. The number of aliphatic hydroxyl groups excluding tert-OH is 1. The van der Waals surface area contributed by atoms with Crippen LogP contribution in [-0.2, 0) is 0 Å². The van der Waals surface area contributed by atoms with Crippen LogP contribution in [0.3, 0.4) is 0 Å². The molecule has 0 aromatic carbocycles. The molecular formula is C8H15N3OS2. The van der Waals surface area contributed by atoms with Crippen LogP contribution in [0, 0.1) is 0 Å². The van der Waals surface area contributed by atoms with Gasteiger partial charge in [-0.2, -0.15) is 0 Å². The van der Waals surface area contributed by atoms with E-state index >= 15 is 0 Å². The molecule has 80 valence electrons. The summed E-state index contributed by atoms with van der Waals surface area (Å²) in [5.74, 6) is 0.671. The standard InChI is InChI=1S/C8H15N3OS2/c1-8(2,3)9-6-10-11-7(14-6)13-5-4-12/h12H,4-5H2,1-3H3,(H,9,10). The lowest BCUT2D eigenvalue weighted by Crippen LogP contribution is -2.25. The normalized spacial score (nSPS) is 11.7. The number of rotatable bonds is 4. The first-order valence-electron chi connectivity index (χ1n) is 4.36. The minimum Gasteiger partial charge on any atom is -0.396 e. The zero-order chi connectivity index (χ0) is 10.6. The molecule has 0 atom stereocenters. The predicted molar refractivity (Wildman–Crippen MR) is 61.1 cm³/mol. The molecular weight excluding hydrogens is 218 g/mol. The number of nitrogens with one attached hydrogen (secondary N) is 1. The van der Waals surface area contributed by atoms with E-state index < -0.39 is 0 Å².